The SMILES string of the molecule is COc1ccccc1-c1cc(C2=CCCN(C=O)C2)c(F)c2[nH]c(C(=O)N3CCCC(C)C3)cc12. The number of piperidine rings is 1. The molecule has 0 aliphatic carbocycles. The summed E-state index contributed by atoms with van der Waals surface area (Å²) in [5.41, 5.74) is 3.45. The first kappa shape index (κ1) is 23.1. The van der Waals surface area contributed by atoms with Gasteiger partial charge in [0.1, 0.15) is 11.4 Å². The van der Waals surface area contributed by atoms with Gasteiger partial charge in [-0.05, 0) is 54.5 Å². The lowest BCUT2D eigenvalue weighted by molar-refractivity contribution is -0.117. The maximum Gasteiger partial charge on any atom is 0.270 e. The van der Waals surface area contributed by atoms with E-state index < -0.39 is 5.82 Å². The van der Waals surface area contributed by atoms with Crippen LogP contribution in [0.15, 0.2) is 42.5 Å². The van der Waals surface area contributed by atoms with E-state index in [0.717, 1.165) is 36.0 Å². The summed E-state index contributed by atoms with van der Waals surface area (Å²) in [6, 6.07) is 11.2. The number of benzene rings is 2. The van der Waals surface area contributed by atoms with Crippen LogP contribution in [0.1, 0.15) is 42.2 Å². The first-order valence-corrected chi connectivity index (χ1v) is 12.2. The zero-order valence-electron chi connectivity index (χ0n) is 20.1. The van der Waals surface area contributed by atoms with Gasteiger partial charge in [-0.25, -0.2) is 4.39 Å². The lowest BCUT2D eigenvalue weighted by Crippen LogP contribution is -2.39. The summed E-state index contributed by atoms with van der Waals surface area (Å²) in [5.74, 6) is 0.591. The molecule has 1 fully saturated rings. The van der Waals surface area contributed by atoms with Gasteiger partial charge in [0, 0.05) is 42.7 Å². The molecule has 2 aliphatic rings. The minimum absolute atomic E-state index is 0.108. The van der Waals surface area contributed by atoms with Gasteiger partial charge < -0.3 is 19.5 Å². The van der Waals surface area contributed by atoms with Gasteiger partial charge in [0.15, 0.2) is 5.82 Å². The molecule has 2 aromatic carbocycles. The van der Waals surface area contributed by atoms with E-state index in [1.807, 2.05) is 41.3 Å². The number of methoxy groups -OCH3 is 1. The highest BCUT2D eigenvalue weighted by molar-refractivity contribution is 6.05. The number of hydrogen-bond acceptors (Lipinski definition) is 3. The third kappa shape index (κ3) is 4.31. The molecule has 182 valence electrons. The highest BCUT2D eigenvalue weighted by atomic mass is 19.1. The molecule has 5 rings (SSSR count). The number of carbonyl (C=O) groups is 2. The van der Waals surface area contributed by atoms with Crippen molar-refractivity contribution in [2.24, 2.45) is 5.92 Å². The van der Waals surface area contributed by atoms with Crippen LogP contribution in [0, 0.1) is 11.7 Å². The van der Waals surface area contributed by atoms with E-state index in [1.54, 1.807) is 18.1 Å². The molecule has 1 atom stereocenters. The number of aromatic amines is 1. The molecule has 0 saturated carbocycles. The predicted octanol–water partition coefficient (Wildman–Crippen LogP) is 5.10. The summed E-state index contributed by atoms with van der Waals surface area (Å²) in [6.07, 6.45) is 5.53. The van der Waals surface area contributed by atoms with Crippen molar-refractivity contribution in [1.82, 2.24) is 14.8 Å². The van der Waals surface area contributed by atoms with Crippen LogP contribution in [-0.4, -0.2) is 60.4 Å². The first-order valence-electron chi connectivity index (χ1n) is 12.2. The van der Waals surface area contributed by atoms with Crippen molar-refractivity contribution in [2.45, 2.75) is 26.2 Å². The minimum atomic E-state index is -0.413. The molecular formula is C28H30FN3O3. The smallest absolute Gasteiger partial charge is 0.270 e. The number of amides is 2. The Morgan fingerprint density at radius 2 is 2.00 bits per heavy atom. The number of H-pyrrole nitrogens is 1. The Morgan fingerprint density at radius 1 is 1.17 bits per heavy atom. The van der Waals surface area contributed by atoms with Crippen LogP contribution in [0.5, 0.6) is 5.75 Å². The number of halogens is 1. The molecule has 1 saturated heterocycles. The number of para-hydroxylation sites is 1. The van der Waals surface area contributed by atoms with Crippen molar-refractivity contribution >= 4 is 28.8 Å². The van der Waals surface area contributed by atoms with E-state index in [0.29, 0.717) is 66.4 Å². The largest absolute Gasteiger partial charge is 0.496 e. The molecule has 7 heteroatoms. The fourth-order valence-electron chi connectivity index (χ4n) is 5.30. The van der Waals surface area contributed by atoms with Crippen LogP contribution in [0.25, 0.3) is 27.6 Å². The fourth-order valence-corrected chi connectivity index (χ4v) is 5.30. The number of ether oxygens (including phenoxy) is 1. The number of nitrogens with zero attached hydrogens (tertiary/aromatic N) is 2. The van der Waals surface area contributed by atoms with Crippen molar-refractivity contribution < 1.29 is 18.7 Å². The maximum absolute atomic E-state index is 16.0. The van der Waals surface area contributed by atoms with E-state index in [2.05, 4.69) is 11.9 Å². The van der Waals surface area contributed by atoms with Crippen LogP contribution in [-0.2, 0) is 4.79 Å². The van der Waals surface area contributed by atoms with E-state index in [4.69, 9.17) is 4.74 Å². The number of rotatable bonds is 5. The molecule has 1 N–H and O–H groups in total. The molecular weight excluding hydrogens is 445 g/mol. The summed E-state index contributed by atoms with van der Waals surface area (Å²) >= 11 is 0. The van der Waals surface area contributed by atoms with Crippen LogP contribution < -0.4 is 4.74 Å². The lowest BCUT2D eigenvalue weighted by Gasteiger charge is -2.30. The Morgan fingerprint density at radius 3 is 2.77 bits per heavy atom. The molecule has 35 heavy (non-hydrogen) atoms. The van der Waals surface area contributed by atoms with Crippen LogP contribution in [0.4, 0.5) is 4.39 Å². The quantitative estimate of drug-likeness (QED) is 0.522. The van der Waals surface area contributed by atoms with Gasteiger partial charge in [-0.15, -0.1) is 0 Å². The molecule has 1 unspecified atom stereocenters. The first-order chi connectivity index (χ1) is 17.0. The molecule has 0 spiro atoms. The summed E-state index contributed by atoms with van der Waals surface area (Å²) in [7, 11) is 1.61. The lowest BCUT2D eigenvalue weighted by atomic mass is 9.93. The maximum atomic E-state index is 16.0. The highest BCUT2D eigenvalue weighted by Crippen LogP contribution is 2.40. The molecule has 3 heterocycles. The number of carbonyl (C=O) groups excluding carboxylic acids is 2. The molecule has 0 radical (unpaired) electrons. The number of fused-ring (bicyclic) bond motifs is 1. The van der Waals surface area contributed by atoms with Gasteiger partial charge in [0.05, 0.1) is 12.6 Å². The van der Waals surface area contributed by atoms with Crippen molar-refractivity contribution in [3.63, 3.8) is 0 Å². The van der Waals surface area contributed by atoms with Crippen molar-refractivity contribution in [2.75, 3.05) is 33.3 Å². The molecule has 1 aromatic heterocycles. The van der Waals surface area contributed by atoms with Gasteiger partial charge in [-0.1, -0.05) is 31.2 Å². The van der Waals surface area contributed by atoms with Gasteiger partial charge in [-0.3, -0.25) is 9.59 Å². The third-order valence-electron chi connectivity index (χ3n) is 7.10. The standard InChI is InChI=1S/C28H30FN3O3/c1-18-7-5-12-32(15-18)28(34)24-14-23-22(20-9-3-4-10-25(20)35-2)13-21(26(29)27(23)30-24)19-8-6-11-31(16-19)17-33/h3-4,8-10,13-14,17-18,30H,5-7,11-12,15-16H2,1-2H3. The topological polar surface area (TPSA) is 65.6 Å². The number of nitrogens with one attached hydrogen (secondary N) is 1. The second kappa shape index (κ2) is 9.56. The molecule has 2 aliphatic heterocycles. The van der Waals surface area contributed by atoms with Gasteiger partial charge in [0.25, 0.3) is 5.91 Å². The summed E-state index contributed by atoms with van der Waals surface area (Å²) in [5, 5.41) is 0.632. The van der Waals surface area contributed by atoms with Gasteiger partial charge in [0.2, 0.25) is 6.41 Å². The third-order valence-corrected chi connectivity index (χ3v) is 7.10. The Kier molecular flexibility index (Phi) is 6.32. The second-order valence-electron chi connectivity index (χ2n) is 9.55. The van der Waals surface area contributed by atoms with E-state index in [9.17, 15) is 9.59 Å². The highest BCUT2D eigenvalue weighted by Gasteiger charge is 2.27. The van der Waals surface area contributed by atoms with E-state index >= 15 is 4.39 Å². The monoisotopic (exact) mass is 475 g/mol. The normalized spacial score (nSPS) is 18.5. The Bertz CT molecular complexity index is 1310. The summed E-state index contributed by atoms with van der Waals surface area (Å²) in [6.45, 7) is 4.52. The Balaban J connectivity index is 1.68. The number of hydrogen-bond donors (Lipinski definition) is 1. The Hall–Kier alpha value is -3.61. The van der Waals surface area contributed by atoms with E-state index in [1.165, 1.54) is 0 Å². The van der Waals surface area contributed by atoms with Gasteiger partial charge in [-0.2, -0.15) is 0 Å². The predicted molar refractivity (Wildman–Crippen MR) is 135 cm³/mol. The summed E-state index contributed by atoms with van der Waals surface area (Å²) < 4.78 is 21.6. The van der Waals surface area contributed by atoms with Gasteiger partial charge >= 0.3 is 0 Å². The average molecular weight is 476 g/mol. The Labute approximate surface area is 204 Å². The zero-order valence-corrected chi connectivity index (χ0v) is 20.1. The second-order valence-corrected chi connectivity index (χ2v) is 9.55. The minimum Gasteiger partial charge on any atom is -0.496 e. The van der Waals surface area contributed by atoms with E-state index in [-0.39, 0.29) is 5.91 Å². The van der Waals surface area contributed by atoms with Crippen LogP contribution in [0.3, 0.4) is 0 Å². The fraction of sp³-hybridized carbons (Fsp3) is 0.357. The number of likely N-dealkylation sites (tertiary alicyclic amines) is 1. The molecule has 3 aromatic rings. The molecule has 6 nitrogen and oxygen atoms in total. The average Bonchev–Trinajstić information content (AvgIpc) is 3.35. The van der Waals surface area contributed by atoms with Crippen LogP contribution >= 0.6 is 0 Å². The zero-order chi connectivity index (χ0) is 24.5. The molecule has 0 bridgehead atoms. The van der Waals surface area contributed by atoms with Crippen LogP contribution in [0.2, 0.25) is 0 Å². The van der Waals surface area contributed by atoms with Crippen molar-refractivity contribution in [3.05, 3.63) is 59.5 Å². The van der Waals surface area contributed by atoms with Crippen molar-refractivity contribution in [3.8, 4) is 16.9 Å². The number of aromatic nitrogens is 1. The van der Waals surface area contributed by atoms with Crippen molar-refractivity contribution in [1.29, 1.82) is 0 Å². The summed E-state index contributed by atoms with van der Waals surface area (Å²) in [4.78, 5) is 31.4. The molecule has 2 amide bonds.